The van der Waals surface area contributed by atoms with Crippen molar-refractivity contribution in [1.29, 1.82) is 0 Å². The molecule has 2 fully saturated rings. The Morgan fingerprint density at radius 1 is 0.947 bits per heavy atom. The number of rotatable bonds is 4. The Balaban J connectivity index is 1.20. The molecule has 3 aromatic rings. The fraction of sp³-hybridized carbons (Fsp3) is 0.323. The molecule has 1 aromatic heterocycles. The molecule has 1 saturated carbocycles. The van der Waals surface area contributed by atoms with Crippen LogP contribution in [0.15, 0.2) is 94.4 Å². The monoisotopic (exact) mass is 505 g/mol. The van der Waals surface area contributed by atoms with Crippen molar-refractivity contribution in [3.8, 4) is 11.3 Å². The van der Waals surface area contributed by atoms with Crippen molar-refractivity contribution in [2.75, 3.05) is 13.1 Å². The van der Waals surface area contributed by atoms with Crippen LogP contribution in [0.4, 0.5) is 0 Å². The first-order chi connectivity index (χ1) is 18.5. The van der Waals surface area contributed by atoms with Crippen molar-refractivity contribution < 1.29 is 9.33 Å². The van der Waals surface area contributed by atoms with Crippen LogP contribution < -0.4 is 5.84 Å². The van der Waals surface area contributed by atoms with Gasteiger partial charge >= 0.3 is 0 Å². The molecule has 7 rings (SSSR count). The van der Waals surface area contributed by atoms with E-state index in [1.165, 1.54) is 0 Å². The molecular weight excluding hydrogens is 472 g/mol. The lowest BCUT2D eigenvalue weighted by Crippen LogP contribution is -2.55. The molecule has 3 aliphatic heterocycles. The first kappa shape index (κ1) is 23.6. The minimum Gasteiger partial charge on any atom is -0.373 e. The zero-order valence-electron chi connectivity index (χ0n) is 21.9. The van der Waals surface area contributed by atoms with Crippen LogP contribution in [0.5, 0.6) is 0 Å². The summed E-state index contributed by atoms with van der Waals surface area (Å²) in [6.45, 7) is 6.34. The van der Waals surface area contributed by atoms with Gasteiger partial charge in [-0.25, -0.2) is 4.98 Å². The highest BCUT2D eigenvalue weighted by molar-refractivity contribution is 6.02. The number of nitrogens with zero attached hydrogens (tertiary/aromatic N) is 5. The first-order valence-electron chi connectivity index (χ1n) is 13.6. The van der Waals surface area contributed by atoms with Gasteiger partial charge in [0.25, 0.3) is 5.84 Å². The number of pyridine rings is 1. The van der Waals surface area contributed by atoms with Gasteiger partial charge in [-0.3, -0.25) is 9.89 Å². The van der Waals surface area contributed by atoms with Crippen LogP contribution in [-0.2, 0) is 4.74 Å². The maximum absolute atomic E-state index is 7.05. The number of aromatic nitrogens is 1. The van der Waals surface area contributed by atoms with Crippen LogP contribution in [0.1, 0.15) is 32.3 Å². The molecule has 3 atom stereocenters. The van der Waals surface area contributed by atoms with Crippen LogP contribution in [0.2, 0.25) is 0 Å². The van der Waals surface area contributed by atoms with Gasteiger partial charge in [-0.05, 0) is 44.9 Å². The molecule has 1 saturated heterocycles. The molecule has 7 nitrogen and oxygen atoms in total. The Morgan fingerprint density at radius 2 is 1.71 bits per heavy atom. The molecule has 0 bridgehead atoms. The second kappa shape index (κ2) is 9.06. The Morgan fingerprint density at radius 3 is 2.50 bits per heavy atom. The summed E-state index contributed by atoms with van der Waals surface area (Å²) in [5.41, 5.74) is 6.02. The molecule has 38 heavy (non-hydrogen) atoms. The largest absolute Gasteiger partial charge is 0.373 e. The summed E-state index contributed by atoms with van der Waals surface area (Å²) in [4.78, 5) is 17.2. The summed E-state index contributed by atoms with van der Waals surface area (Å²) < 4.78 is 6.00. The molecule has 4 heterocycles. The third-order valence-electron chi connectivity index (χ3n) is 8.31. The molecule has 192 valence electrons. The molecule has 7 heteroatoms. The molecule has 1 unspecified atom stereocenters. The van der Waals surface area contributed by atoms with Crippen molar-refractivity contribution in [3.05, 3.63) is 90.0 Å². The van der Waals surface area contributed by atoms with Gasteiger partial charge in [0.05, 0.1) is 41.4 Å². The summed E-state index contributed by atoms with van der Waals surface area (Å²) in [5.74, 6) is 8.25. The van der Waals surface area contributed by atoms with E-state index in [1.54, 1.807) is 6.20 Å². The summed E-state index contributed by atoms with van der Waals surface area (Å²) in [6.07, 6.45) is 8.34. The highest BCUT2D eigenvalue weighted by Gasteiger charge is 2.49. The number of allylic oxidation sites excluding steroid dienone is 2. The Bertz CT molecular complexity index is 1510. The van der Waals surface area contributed by atoms with E-state index in [0.717, 1.165) is 70.9 Å². The number of hydrogen-bond donors (Lipinski definition) is 1. The van der Waals surface area contributed by atoms with Gasteiger partial charge in [-0.2, -0.15) is 10.8 Å². The van der Waals surface area contributed by atoms with Gasteiger partial charge in [0.1, 0.15) is 11.9 Å². The summed E-state index contributed by atoms with van der Waals surface area (Å²) in [5, 5.41) is 1.09. The standard InChI is InChI=1S/C31H33N6O/c1-20-18-36(19-21(2)38-20)26-14-25(15-26)30-29-17-33-12-13-37(29,32)31(35-30)24-9-8-23-10-11-27(34-28(23)16-24)22-6-4-3-5-7-22/h3-13,16-17,20-21,25-26H,14-15,18-19,32H2,1-2H3/q+1/t20-,21+,25?,26?,37?. The number of ether oxygens (including phenoxy) is 1. The number of aliphatic imine (C=N–C) groups is 2. The number of fused-ring (bicyclic) bond motifs is 2. The van der Waals surface area contributed by atoms with E-state index >= 15 is 0 Å². The second-order valence-corrected chi connectivity index (χ2v) is 11.1. The van der Waals surface area contributed by atoms with Gasteiger partial charge in [-0.15, -0.1) is 4.59 Å². The molecule has 0 spiro atoms. The predicted molar refractivity (Wildman–Crippen MR) is 151 cm³/mol. The number of nitrogens with two attached hydrogens (primary N) is 1. The molecule has 2 N–H and O–H groups in total. The Hall–Kier alpha value is -3.49. The predicted octanol–water partition coefficient (Wildman–Crippen LogP) is 5.01. The zero-order chi connectivity index (χ0) is 25.9. The number of benzene rings is 2. The molecular formula is C31H33N6O+. The van der Waals surface area contributed by atoms with Crippen LogP contribution in [0, 0.1) is 5.92 Å². The lowest BCUT2D eigenvalue weighted by molar-refractivity contribution is -0.750. The molecule has 4 aliphatic rings. The summed E-state index contributed by atoms with van der Waals surface area (Å²) in [6, 6.07) is 21.4. The Labute approximate surface area is 223 Å². The normalized spacial score (nSPS) is 30.9. The minimum absolute atomic E-state index is 0.0511. The fourth-order valence-corrected chi connectivity index (χ4v) is 6.36. The van der Waals surface area contributed by atoms with E-state index in [1.807, 2.05) is 30.6 Å². The topological polar surface area (TPSA) is 76.1 Å². The number of amidine groups is 1. The highest BCUT2D eigenvalue weighted by Crippen LogP contribution is 2.44. The average molecular weight is 506 g/mol. The van der Waals surface area contributed by atoms with Gasteiger partial charge in [0.2, 0.25) is 5.70 Å². The molecule has 2 aromatic carbocycles. The molecule has 1 aliphatic carbocycles. The Kier molecular flexibility index (Phi) is 5.63. The number of morpholine rings is 1. The van der Waals surface area contributed by atoms with Crippen LogP contribution >= 0.6 is 0 Å². The maximum Gasteiger partial charge on any atom is 0.264 e. The highest BCUT2D eigenvalue weighted by atomic mass is 16.5. The number of quaternary nitrogens is 1. The van der Waals surface area contributed by atoms with E-state index < -0.39 is 0 Å². The fourth-order valence-electron chi connectivity index (χ4n) is 6.36. The third-order valence-corrected chi connectivity index (χ3v) is 8.31. The quantitative estimate of drug-likeness (QED) is 0.400. The van der Waals surface area contributed by atoms with E-state index in [9.17, 15) is 0 Å². The smallest absolute Gasteiger partial charge is 0.264 e. The molecule has 0 radical (unpaired) electrons. The van der Waals surface area contributed by atoms with Crippen molar-refractivity contribution in [2.24, 2.45) is 21.7 Å². The van der Waals surface area contributed by atoms with Gasteiger partial charge in [-0.1, -0.05) is 42.5 Å². The van der Waals surface area contributed by atoms with E-state index in [2.05, 4.69) is 66.2 Å². The van der Waals surface area contributed by atoms with E-state index in [4.69, 9.17) is 20.6 Å². The molecule has 0 amide bonds. The maximum atomic E-state index is 7.05. The van der Waals surface area contributed by atoms with E-state index in [-0.39, 0.29) is 16.8 Å². The average Bonchev–Trinajstić information content (AvgIpc) is 3.20. The SMILES string of the molecule is C[C@@H]1CN(C2CC(C3=C4C=NC=C[N+]4(N)C(c4ccc5ccc(-c6ccccc6)nc5c4)=N3)C2)C[C@H](C)O1. The lowest BCUT2D eigenvalue weighted by Gasteiger charge is -2.47. The zero-order valence-corrected chi connectivity index (χ0v) is 21.9. The van der Waals surface area contributed by atoms with Crippen molar-refractivity contribution in [1.82, 2.24) is 9.88 Å². The lowest BCUT2D eigenvalue weighted by atomic mass is 9.76. The van der Waals surface area contributed by atoms with Crippen LogP contribution in [-0.4, -0.2) is 57.9 Å². The second-order valence-electron chi connectivity index (χ2n) is 11.1. The summed E-state index contributed by atoms with van der Waals surface area (Å²) >= 11 is 0. The summed E-state index contributed by atoms with van der Waals surface area (Å²) in [7, 11) is 0. The van der Waals surface area contributed by atoms with E-state index in [0.29, 0.717) is 12.0 Å². The van der Waals surface area contributed by atoms with Crippen molar-refractivity contribution in [3.63, 3.8) is 0 Å². The van der Waals surface area contributed by atoms with Crippen molar-refractivity contribution in [2.45, 2.75) is 44.9 Å². The van der Waals surface area contributed by atoms with Gasteiger partial charge in [0.15, 0.2) is 0 Å². The van der Waals surface area contributed by atoms with Gasteiger partial charge < -0.3 is 4.74 Å². The van der Waals surface area contributed by atoms with Crippen LogP contribution in [0.25, 0.3) is 22.2 Å². The number of hydrogen-bond acceptors (Lipinski definition) is 6. The minimum atomic E-state index is 0.0511. The van der Waals surface area contributed by atoms with Gasteiger partial charge in [0, 0.05) is 36.0 Å². The third kappa shape index (κ3) is 3.94. The van der Waals surface area contributed by atoms with Crippen molar-refractivity contribution >= 4 is 23.0 Å². The first-order valence-corrected chi connectivity index (χ1v) is 13.6. The van der Waals surface area contributed by atoms with Crippen LogP contribution in [0.3, 0.4) is 0 Å².